The number of carbonyl (C=O) groups is 2. The van der Waals surface area contributed by atoms with Crippen molar-refractivity contribution in [2.45, 2.75) is 32.6 Å². The van der Waals surface area contributed by atoms with Gasteiger partial charge in [-0.15, -0.1) is 11.3 Å². The predicted octanol–water partition coefficient (Wildman–Crippen LogP) is 4.85. The molecule has 1 N–H and O–H groups in total. The molecule has 2 heterocycles. The summed E-state index contributed by atoms with van der Waals surface area (Å²) in [7, 11) is 0. The highest BCUT2D eigenvalue weighted by molar-refractivity contribution is 8.26. The topological polar surface area (TPSA) is 62.3 Å². The third-order valence-corrected chi connectivity index (χ3v) is 6.28. The van der Waals surface area contributed by atoms with Crippen LogP contribution in [0.1, 0.15) is 36.8 Å². The molecule has 1 fully saturated rings. The third kappa shape index (κ3) is 5.73. The van der Waals surface area contributed by atoms with Crippen molar-refractivity contribution in [2.24, 2.45) is 0 Å². The van der Waals surface area contributed by atoms with E-state index in [4.69, 9.17) is 12.2 Å². The van der Waals surface area contributed by atoms with Crippen LogP contribution in [0.25, 0.3) is 6.08 Å². The first-order valence-electron chi connectivity index (χ1n) is 9.04. The van der Waals surface area contributed by atoms with Gasteiger partial charge in [0.2, 0.25) is 5.91 Å². The van der Waals surface area contributed by atoms with Crippen molar-refractivity contribution in [2.75, 3.05) is 11.9 Å². The van der Waals surface area contributed by atoms with Crippen molar-refractivity contribution in [3.05, 3.63) is 51.9 Å². The number of thiazole rings is 1. The lowest BCUT2D eigenvalue weighted by atomic mass is 10.1. The van der Waals surface area contributed by atoms with Crippen LogP contribution in [0.5, 0.6) is 0 Å². The molecule has 1 aliphatic rings. The van der Waals surface area contributed by atoms with Gasteiger partial charge < -0.3 is 5.32 Å². The van der Waals surface area contributed by atoms with Crippen LogP contribution in [0.2, 0.25) is 0 Å². The highest BCUT2D eigenvalue weighted by atomic mass is 32.2. The van der Waals surface area contributed by atoms with Gasteiger partial charge in [-0.05, 0) is 31.4 Å². The molecule has 8 heteroatoms. The molecular formula is C20H21N3O2S3. The molecule has 1 aliphatic heterocycles. The molecule has 146 valence electrons. The minimum Gasteiger partial charge on any atom is -0.302 e. The summed E-state index contributed by atoms with van der Waals surface area (Å²) in [5.74, 6) is -0.0568. The number of nitrogens with zero attached hydrogens (tertiary/aromatic N) is 2. The fraction of sp³-hybridized carbons (Fsp3) is 0.300. The molecule has 0 bridgehead atoms. The summed E-state index contributed by atoms with van der Waals surface area (Å²) >= 11 is 8.13. The van der Waals surface area contributed by atoms with Crippen molar-refractivity contribution in [3.8, 4) is 0 Å². The van der Waals surface area contributed by atoms with Crippen LogP contribution in [-0.4, -0.2) is 32.6 Å². The number of anilines is 1. The van der Waals surface area contributed by atoms with Crippen molar-refractivity contribution < 1.29 is 9.59 Å². The van der Waals surface area contributed by atoms with E-state index in [9.17, 15) is 9.59 Å². The molecule has 2 aromatic rings. The molecule has 1 aromatic heterocycles. The number of rotatable bonds is 8. The summed E-state index contributed by atoms with van der Waals surface area (Å²) in [5.41, 5.74) is 2.18. The van der Waals surface area contributed by atoms with Gasteiger partial charge in [0.15, 0.2) is 5.13 Å². The number of thiocarbonyl (C=S) groups is 1. The summed E-state index contributed by atoms with van der Waals surface area (Å²) in [6.45, 7) is 2.62. The van der Waals surface area contributed by atoms with E-state index in [1.165, 1.54) is 28.7 Å². The number of aromatic nitrogens is 1. The standard InChI is InChI=1S/C20H21N3O2S3/c1-14-6-8-15(9-7-14)13-16-18(25)23(20(26)28-16)11-4-2-3-5-17(24)22-19-21-10-12-27-19/h6-10,12-13H,2-5,11H2,1H3,(H,21,22,24). The first kappa shape index (κ1) is 20.7. The largest absolute Gasteiger partial charge is 0.302 e. The molecule has 3 rings (SSSR count). The quantitative estimate of drug-likeness (QED) is 0.368. The van der Waals surface area contributed by atoms with Crippen molar-refractivity contribution in [1.29, 1.82) is 0 Å². The van der Waals surface area contributed by atoms with Gasteiger partial charge >= 0.3 is 0 Å². The number of nitrogens with one attached hydrogen (secondary N) is 1. The monoisotopic (exact) mass is 431 g/mol. The smallest absolute Gasteiger partial charge is 0.266 e. The van der Waals surface area contributed by atoms with Crippen LogP contribution in [0.4, 0.5) is 5.13 Å². The maximum Gasteiger partial charge on any atom is 0.266 e. The van der Waals surface area contributed by atoms with E-state index < -0.39 is 0 Å². The normalized spacial score (nSPS) is 15.5. The summed E-state index contributed by atoms with van der Waals surface area (Å²) < 4.78 is 0.602. The van der Waals surface area contributed by atoms with Gasteiger partial charge in [-0.25, -0.2) is 4.98 Å². The predicted molar refractivity (Wildman–Crippen MR) is 120 cm³/mol. The Balaban J connectivity index is 1.42. The molecule has 0 radical (unpaired) electrons. The lowest BCUT2D eigenvalue weighted by Crippen LogP contribution is -2.29. The van der Waals surface area contributed by atoms with Crippen LogP contribution in [-0.2, 0) is 9.59 Å². The van der Waals surface area contributed by atoms with Crippen molar-refractivity contribution >= 4 is 62.7 Å². The highest BCUT2D eigenvalue weighted by Crippen LogP contribution is 2.32. The first-order chi connectivity index (χ1) is 13.5. The van der Waals surface area contributed by atoms with Gasteiger partial charge in [-0.1, -0.05) is 60.2 Å². The van der Waals surface area contributed by atoms with E-state index >= 15 is 0 Å². The molecule has 1 saturated heterocycles. The number of hydrogen-bond donors (Lipinski definition) is 1. The van der Waals surface area contributed by atoms with E-state index in [0.717, 1.165) is 24.8 Å². The number of aryl methyl sites for hydroxylation is 1. The lowest BCUT2D eigenvalue weighted by molar-refractivity contribution is -0.122. The molecule has 1 aromatic carbocycles. The van der Waals surface area contributed by atoms with Gasteiger partial charge in [-0.3, -0.25) is 14.5 Å². The Morgan fingerprint density at radius 3 is 2.75 bits per heavy atom. The van der Waals surface area contributed by atoms with Crippen LogP contribution < -0.4 is 5.32 Å². The summed E-state index contributed by atoms with van der Waals surface area (Å²) in [6.07, 6.45) is 6.45. The third-order valence-electron chi connectivity index (χ3n) is 4.21. The van der Waals surface area contributed by atoms with E-state index in [1.54, 1.807) is 11.1 Å². The van der Waals surface area contributed by atoms with Gasteiger partial charge in [0, 0.05) is 24.5 Å². The van der Waals surface area contributed by atoms with Crippen LogP contribution in [0, 0.1) is 6.92 Å². The zero-order valence-corrected chi connectivity index (χ0v) is 18.0. The lowest BCUT2D eigenvalue weighted by Gasteiger charge is -2.14. The first-order valence-corrected chi connectivity index (χ1v) is 11.1. The second kappa shape index (κ2) is 9.95. The van der Waals surface area contributed by atoms with Gasteiger partial charge in [0.05, 0.1) is 4.91 Å². The maximum atomic E-state index is 12.6. The minimum absolute atomic E-state index is 0.0263. The zero-order valence-electron chi connectivity index (χ0n) is 15.5. The summed E-state index contributed by atoms with van der Waals surface area (Å²) in [6, 6.07) is 8.05. The average Bonchev–Trinajstić information content (AvgIpc) is 3.26. The Kier molecular flexibility index (Phi) is 7.36. The van der Waals surface area contributed by atoms with E-state index in [1.807, 2.05) is 42.6 Å². The fourth-order valence-corrected chi connectivity index (χ4v) is 4.56. The molecule has 0 unspecified atom stereocenters. The molecule has 2 amide bonds. The summed E-state index contributed by atoms with van der Waals surface area (Å²) in [5, 5.41) is 5.23. The zero-order chi connectivity index (χ0) is 19.9. The molecule has 0 aliphatic carbocycles. The Morgan fingerprint density at radius 1 is 1.25 bits per heavy atom. The molecule has 0 atom stereocenters. The Hall–Kier alpha value is -2.03. The number of thioether (sulfide) groups is 1. The number of carbonyl (C=O) groups excluding carboxylic acids is 2. The van der Waals surface area contributed by atoms with E-state index in [0.29, 0.717) is 27.3 Å². The van der Waals surface area contributed by atoms with Crippen molar-refractivity contribution in [1.82, 2.24) is 9.88 Å². The van der Waals surface area contributed by atoms with Crippen LogP contribution in [0.3, 0.4) is 0 Å². The molecule has 0 spiro atoms. The molecule has 0 saturated carbocycles. The highest BCUT2D eigenvalue weighted by Gasteiger charge is 2.31. The Morgan fingerprint density at radius 2 is 2.04 bits per heavy atom. The Labute approximate surface area is 178 Å². The van der Waals surface area contributed by atoms with Gasteiger partial charge in [0.1, 0.15) is 4.32 Å². The number of benzene rings is 1. The van der Waals surface area contributed by atoms with Crippen molar-refractivity contribution in [3.63, 3.8) is 0 Å². The second-order valence-corrected chi connectivity index (χ2v) is 9.01. The number of hydrogen-bond acceptors (Lipinski definition) is 6. The SMILES string of the molecule is Cc1ccc(C=C2SC(=S)N(CCCCCC(=O)Nc3nccs3)C2=O)cc1. The van der Waals surface area contributed by atoms with Crippen LogP contribution in [0.15, 0.2) is 40.7 Å². The minimum atomic E-state index is -0.0305. The van der Waals surface area contributed by atoms with Gasteiger partial charge in [0.25, 0.3) is 5.91 Å². The van der Waals surface area contributed by atoms with E-state index in [2.05, 4.69) is 10.3 Å². The molecule has 28 heavy (non-hydrogen) atoms. The molecule has 5 nitrogen and oxygen atoms in total. The van der Waals surface area contributed by atoms with Crippen LogP contribution >= 0.6 is 35.3 Å². The second-order valence-electron chi connectivity index (χ2n) is 6.44. The van der Waals surface area contributed by atoms with Gasteiger partial charge in [-0.2, -0.15) is 0 Å². The maximum absolute atomic E-state index is 12.6. The summed E-state index contributed by atoms with van der Waals surface area (Å²) in [4.78, 5) is 30.8. The average molecular weight is 432 g/mol. The number of amides is 2. The molecular weight excluding hydrogens is 410 g/mol. The number of unbranched alkanes of at least 4 members (excludes halogenated alkanes) is 2. The van der Waals surface area contributed by atoms with E-state index in [-0.39, 0.29) is 11.8 Å². The Bertz CT molecular complexity index is 877. The fourth-order valence-electron chi connectivity index (χ4n) is 2.71.